The highest BCUT2D eigenvalue weighted by atomic mass is 19.4. The molecular weight excluding hydrogens is 237 g/mol. The fourth-order valence-electron chi connectivity index (χ4n) is 1.17. The van der Waals surface area contributed by atoms with Gasteiger partial charge in [0.25, 0.3) is 0 Å². The van der Waals surface area contributed by atoms with Gasteiger partial charge in [-0.3, -0.25) is 4.98 Å². The molecule has 0 aliphatic carbocycles. The average Bonchev–Trinajstić information content (AvgIpc) is 2.26. The zero-order valence-corrected chi connectivity index (χ0v) is 8.94. The number of alkyl halides is 3. The number of nitrogens with two attached hydrogens (primary N) is 1. The van der Waals surface area contributed by atoms with Crippen LogP contribution in [0.25, 0.3) is 0 Å². The van der Waals surface area contributed by atoms with E-state index >= 15 is 0 Å². The molecule has 0 radical (unpaired) electrons. The van der Waals surface area contributed by atoms with E-state index in [0.29, 0.717) is 0 Å². The number of anilines is 1. The summed E-state index contributed by atoms with van der Waals surface area (Å²) < 4.78 is 36.4. The molecule has 0 aliphatic heterocycles. The molecule has 8 heteroatoms. The molecule has 1 heterocycles. The van der Waals surface area contributed by atoms with Crippen molar-refractivity contribution in [2.45, 2.75) is 6.18 Å². The Morgan fingerprint density at radius 1 is 1.53 bits per heavy atom. The van der Waals surface area contributed by atoms with Gasteiger partial charge < -0.3 is 15.8 Å². The lowest BCUT2D eigenvalue weighted by atomic mass is 10.3. The Kier molecular flexibility index (Phi) is 3.77. The van der Waals surface area contributed by atoms with Crippen molar-refractivity contribution >= 4 is 11.5 Å². The second kappa shape index (κ2) is 4.89. The van der Waals surface area contributed by atoms with Crippen molar-refractivity contribution in [1.82, 2.24) is 4.98 Å². The molecule has 17 heavy (non-hydrogen) atoms. The summed E-state index contributed by atoms with van der Waals surface area (Å²) in [6.45, 7) is -1.07. The lowest BCUT2D eigenvalue weighted by molar-refractivity contribution is -0.119. The van der Waals surface area contributed by atoms with E-state index in [1.54, 1.807) is 0 Å². The lowest BCUT2D eigenvalue weighted by Gasteiger charge is -2.20. The molecule has 0 spiro atoms. The minimum atomic E-state index is -4.28. The van der Waals surface area contributed by atoms with Gasteiger partial charge in [-0.15, -0.1) is 0 Å². The predicted molar refractivity (Wildman–Crippen MR) is 56.1 cm³/mol. The second-order valence-corrected chi connectivity index (χ2v) is 3.36. The van der Waals surface area contributed by atoms with Crippen molar-refractivity contribution in [3.05, 3.63) is 24.0 Å². The summed E-state index contributed by atoms with van der Waals surface area (Å²) in [5.74, 6) is -0.199. The summed E-state index contributed by atoms with van der Waals surface area (Å²) in [7, 11) is 1.30. The van der Waals surface area contributed by atoms with Gasteiger partial charge in [0, 0.05) is 7.05 Å². The normalized spacial score (nSPS) is 12.6. The van der Waals surface area contributed by atoms with Crippen LogP contribution in [0.3, 0.4) is 0 Å². The maximum atomic E-state index is 12.1. The van der Waals surface area contributed by atoms with Gasteiger partial charge in [-0.1, -0.05) is 5.16 Å². The summed E-state index contributed by atoms with van der Waals surface area (Å²) >= 11 is 0. The van der Waals surface area contributed by atoms with E-state index in [0.717, 1.165) is 4.90 Å². The Balaban J connectivity index is 2.81. The van der Waals surface area contributed by atoms with Crippen molar-refractivity contribution < 1.29 is 18.4 Å². The van der Waals surface area contributed by atoms with Crippen molar-refractivity contribution in [2.75, 3.05) is 18.5 Å². The zero-order valence-electron chi connectivity index (χ0n) is 8.94. The molecule has 0 amide bonds. The van der Waals surface area contributed by atoms with Crippen molar-refractivity contribution in [2.24, 2.45) is 10.9 Å². The highest BCUT2D eigenvalue weighted by Gasteiger charge is 2.29. The second-order valence-electron chi connectivity index (χ2n) is 3.36. The summed E-state index contributed by atoms with van der Waals surface area (Å²) in [5.41, 5.74) is 5.75. The van der Waals surface area contributed by atoms with Gasteiger partial charge >= 0.3 is 6.18 Å². The van der Waals surface area contributed by atoms with Gasteiger partial charge in [-0.2, -0.15) is 13.2 Å². The van der Waals surface area contributed by atoms with Crippen LogP contribution in [0.1, 0.15) is 5.69 Å². The first-order valence-electron chi connectivity index (χ1n) is 4.55. The van der Waals surface area contributed by atoms with Crippen molar-refractivity contribution in [3.8, 4) is 0 Å². The average molecular weight is 248 g/mol. The van der Waals surface area contributed by atoms with Crippen LogP contribution in [-0.2, 0) is 0 Å². The molecule has 0 aromatic carbocycles. The number of oxime groups is 1. The van der Waals surface area contributed by atoms with E-state index in [-0.39, 0.29) is 17.2 Å². The first-order valence-corrected chi connectivity index (χ1v) is 4.55. The van der Waals surface area contributed by atoms with Crippen LogP contribution >= 0.6 is 0 Å². The van der Waals surface area contributed by atoms with Crippen LogP contribution < -0.4 is 10.6 Å². The third kappa shape index (κ3) is 3.82. The molecule has 0 unspecified atom stereocenters. The Morgan fingerprint density at radius 2 is 2.18 bits per heavy atom. The maximum absolute atomic E-state index is 12.1. The number of hydrogen-bond donors (Lipinski definition) is 2. The minimum Gasteiger partial charge on any atom is -0.409 e. The Bertz CT molecular complexity index is 402. The van der Waals surface area contributed by atoms with Gasteiger partial charge in [0.15, 0.2) is 5.84 Å². The number of hydrogen-bond acceptors (Lipinski definition) is 4. The van der Waals surface area contributed by atoms with Crippen LogP contribution in [0.4, 0.5) is 18.9 Å². The summed E-state index contributed by atoms with van der Waals surface area (Å²) in [5, 5.41) is 11.1. The molecule has 0 saturated heterocycles. The van der Waals surface area contributed by atoms with Gasteiger partial charge in [-0.05, 0) is 12.1 Å². The number of rotatable bonds is 3. The first kappa shape index (κ1) is 13.1. The SMILES string of the molecule is CN(CC(F)(F)F)c1ccc(/C(N)=N/O)nc1. The Morgan fingerprint density at radius 3 is 2.59 bits per heavy atom. The molecule has 0 aliphatic rings. The molecule has 0 atom stereocenters. The van der Waals surface area contributed by atoms with E-state index in [1.165, 1.54) is 25.4 Å². The van der Waals surface area contributed by atoms with Crippen LogP contribution in [0, 0.1) is 0 Å². The molecule has 94 valence electrons. The molecule has 1 aromatic rings. The number of halogens is 3. The van der Waals surface area contributed by atoms with Gasteiger partial charge in [-0.25, -0.2) is 0 Å². The molecule has 0 fully saturated rings. The third-order valence-electron chi connectivity index (χ3n) is 1.98. The molecular formula is C9H11F3N4O. The van der Waals surface area contributed by atoms with Crippen molar-refractivity contribution in [3.63, 3.8) is 0 Å². The van der Waals surface area contributed by atoms with E-state index in [1.807, 2.05) is 0 Å². The van der Waals surface area contributed by atoms with Crippen LogP contribution in [0.2, 0.25) is 0 Å². The van der Waals surface area contributed by atoms with Gasteiger partial charge in [0.05, 0.1) is 11.9 Å². The smallest absolute Gasteiger partial charge is 0.405 e. The monoisotopic (exact) mass is 248 g/mol. The molecule has 0 saturated carbocycles. The predicted octanol–water partition coefficient (Wildman–Crippen LogP) is 1.17. The Labute approximate surface area is 95.4 Å². The van der Waals surface area contributed by atoms with E-state index in [4.69, 9.17) is 10.9 Å². The first-order chi connectivity index (χ1) is 7.83. The fraction of sp³-hybridized carbons (Fsp3) is 0.333. The Hall–Kier alpha value is -1.99. The third-order valence-corrected chi connectivity index (χ3v) is 1.98. The topological polar surface area (TPSA) is 74.7 Å². The number of pyridine rings is 1. The summed E-state index contributed by atoms with van der Waals surface area (Å²) in [6.07, 6.45) is -3.06. The van der Waals surface area contributed by atoms with E-state index in [2.05, 4.69) is 10.1 Å². The lowest BCUT2D eigenvalue weighted by Crippen LogP contribution is -2.31. The highest BCUT2D eigenvalue weighted by Crippen LogP contribution is 2.20. The largest absolute Gasteiger partial charge is 0.409 e. The van der Waals surface area contributed by atoms with Crippen LogP contribution in [0.5, 0.6) is 0 Å². The molecule has 3 N–H and O–H groups in total. The fourth-order valence-corrected chi connectivity index (χ4v) is 1.17. The molecule has 1 rings (SSSR count). The van der Waals surface area contributed by atoms with E-state index in [9.17, 15) is 13.2 Å². The van der Waals surface area contributed by atoms with Crippen LogP contribution in [-0.4, -0.2) is 35.8 Å². The number of nitrogens with zero attached hydrogens (tertiary/aromatic N) is 3. The minimum absolute atomic E-state index is 0.191. The van der Waals surface area contributed by atoms with Crippen LogP contribution in [0.15, 0.2) is 23.5 Å². The zero-order chi connectivity index (χ0) is 13.1. The van der Waals surface area contributed by atoms with Gasteiger partial charge in [0.2, 0.25) is 0 Å². The van der Waals surface area contributed by atoms with Crippen molar-refractivity contribution in [1.29, 1.82) is 0 Å². The highest BCUT2D eigenvalue weighted by molar-refractivity contribution is 5.95. The molecule has 5 nitrogen and oxygen atoms in total. The maximum Gasteiger partial charge on any atom is 0.405 e. The van der Waals surface area contributed by atoms with Gasteiger partial charge in [0.1, 0.15) is 12.2 Å². The molecule has 1 aromatic heterocycles. The number of aromatic nitrogens is 1. The standard InChI is InChI=1S/C9H11F3N4O/c1-16(5-9(10,11)12)6-2-3-7(14-4-6)8(13)15-17/h2-4,17H,5H2,1H3,(H2,13,15). The number of amidine groups is 1. The van der Waals surface area contributed by atoms with E-state index < -0.39 is 12.7 Å². The molecule has 0 bridgehead atoms. The summed E-state index contributed by atoms with van der Waals surface area (Å²) in [4.78, 5) is 4.78. The quantitative estimate of drug-likeness (QED) is 0.364. The summed E-state index contributed by atoms with van der Waals surface area (Å²) in [6, 6.07) is 2.78.